The van der Waals surface area contributed by atoms with Gasteiger partial charge in [0, 0.05) is 6.04 Å². The quantitative estimate of drug-likeness (QED) is 0.863. The Morgan fingerprint density at radius 1 is 1.29 bits per heavy atom. The van der Waals surface area contributed by atoms with Gasteiger partial charge in [-0.1, -0.05) is 29.3 Å². The number of aryl methyl sites for hydroxylation is 1. The van der Waals surface area contributed by atoms with Crippen molar-refractivity contribution >= 4 is 35.1 Å². The van der Waals surface area contributed by atoms with Crippen LogP contribution in [0.5, 0.6) is 0 Å². The number of nitrogens with one attached hydrogen (secondary N) is 1. The van der Waals surface area contributed by atoms with Gasteiger partial charge in [-0.3, -0.25) is 9.59 Å². The van der Waals surface area contributed by atoms with Crippen molar-refractivity contribution in [3.05, 3.63) is 39.9 Å². The highest BCUT2D eigenvalue weighted by atomic mass is 35.5. The van der Waals surface area contributed by atoms with Gasteiger partial charge in [0.05, 0.1) is 16.0 Å². The van der Waals surface area contributed by atoms with Crippen LogP contribution in [-0.2, 0) is 4.79 Å². The number of hydrogen-bond donors (Lipinski definition) is 2. The average Bonchev–Trinajstić information content (AvgIpc) is 2.83. The number of amides is 1. The number of carbonyl (C=O) groups excluding carboxylic acids is 1. The molecule has 9 heteroatoms. The third kappa shape index (κ3) is 3.09. The average molecular weight is 369 g/mol. The van der Waals surface area contributed by atoms with E-state index >= 15 is 0 Å². The zero-order chi connectivity index (χ0) is 17.4. The molecule has 126 valence electrons. The number of carbonyl (C=O) groups is 2. The summed E-state index contributed by atoms with van der Waals surface area (Å²) in [5.74, 6) is -1.24. The third-order valence-corrected chi connectivity index (χ3v) is 4.55. The Kier molecular flexibility index (Phi) is 4.47. The smallest absolute Gasteiger partial charge is 0.306 e. The lowest BCUT2D eigenvalue weighted by molar-refractivity contribution is -0.145. The van der Waals surface area contributed by atoms with E-state index in [1.807, 2.05) is 0 Å². The van der Waals surface area contributed by atoms with Crippen LogP contribution in [0.1, 0.15) is 29.3 Å². The number of benzene rings is 1. The van der Waals surface area contributed by atoms with Crippen molar-refractivity contribution in [2.75, 3.05) is 0 Å². The highest BCUT2D eigenvalue weighted by molar-refractivity contribution is 6.37. The first-order valence-corrected chi connectivity index (χ1v) is 8.04. The number of halogens is 2. The minimum absolute atomic E-state index is 0.0118. The summed E-state index contributed by atoms with van der Waals surface area (Å²) in [7, 11) is 0. The third-order valence-electron chi connectivity index (χ3n) is 3.94. The molecule has 1 aliphatic carbocycles. The lowest BCUT2D eigenvalue weighted by Crippen LogP contribution is -2.47. The fraction of sp³-hybridized carbons (Fsp3) is 0.333. The van der Waals surface area contributed by atoms with Crippen molar-refractivity contribution in [1.29, 1.82) is 0 Å². The Morgan fingerprint density at radius 3 is 2.50 bits per heavy atom. The van der Waals surface area contributed by atoms with Gasteiger partial charge in [-0.05, 0) is 31.9 Å². The summed E-state index contributed by atoms with van der Waals surface area (Å²) in [4.78, 5) is 27.2. The fourth-order valence-corrected chi connectivity index (χ4v) is 3.13. The molecular weight excluding hydrogens is 355 g/mol. The molecule has 7 nitrogen and oxygen atoms in total. The van der Waals surface area contributed by atoms with Gasteiger partial charge >= 0.3 is 5.97 Å². The van der Waals surface area contributed by atoms with Crippen molar-refractivity contribution in [3.63, 3.8) is 0 Å². The fourth-order valence-electron chi connectivity index (χ4n) is 2.58. The molecule has 2 N–H and O–H groups in total. The van der Waals surface area contributed by atoms with E-state index in [9.17, 15) is 9.59 Å². The zero-order valence-corrected chi connectivity index (χ0v) is 14.2. The number of hydrogen-bond acceptors (Lipinski definition) is 4. The molecule has 1 fully saturated rings. The standard InChI is InChI=1S/C15H14Cl2N4O3/c1-7-18-13(14(22)19-9-5-8(6-9)15(23)24)20-21(7)12-10(16)3-2-4-11(12)17/h2-4,8-9H,5-6H2,1H3,(H,19,22)(H,23,24). The van der Waals surface area contributed by atoms with Gasteiger partial charge in [0.1, 0.15) is 11.5 Å². The summed E-state index contributed by atoms with van der Waals surface area (Å²) in [5, 5.41) is 16.6. The highest BCUT2D eigenvalue weighted by Crippen LogP contribution is 2.29. The van der Waals surface area contributed by atoms with Crippen LogP contribution in [0.25, 0.3) is 5.69 Å². The van der Waals surface area contributed by atoms with E-state index in [4.69, 9.17) is 28.3 Å². The number of aromatic nitrogens is 3. The second-order valence-corrected chi connectivity index (χ2v) is 6.46. The number of nitrogens with zero attached hydrogens (tertiary/aromatic N) is 3. The van der Waals surface area contributed by atoms with Crippen molar-refractivity contribution in [3.8, 4) is 5.69 Å². The molecule has 0 unspecified atom stereocenters. The van der Waals surface area contributed by atoms with Crippen molar-refractivity contribution < 1.29 is 14.7 Å². The summed E-state index contributed by atoms with van der Waals surface area (Å²) < 4.78 is 1.42. The highest BCUT2D eigenvalue weighted by Gasteiger charge is 2.36. The van der Waals surface area contributed by atoms with Crippen LogP contribution < -0.4 is 5.32 Å². The molecule has 0 atom stereocenters. The molecule has 0 radical (unpaired) electrons. The van der Waals surface area contributed by atoms with Gasteiger partial charge in [0.2, 0.25) is 5.82 Å². The Balaban J connectivity index is 1.77. The molecule has 1 amide bonds. The predicted molar refractivity (Wildman–Crippen MR) is 87.7 cm³/mol. The van der Waals surface area contributed by atoms with E-state index in [-0.39, 0.29) is 11.9 Å². The maximum atomic E-state index is 12.2. The van der Waals surface area contributed by atoms with Gasteiger partial charge in [0.15, 0.2) is 0 Å². The maximum Gasteiger partial charge on any atom is 0.306 e. The van der Waals surface area contributed by atoms with Gasteiger partial charge in [-0.15, -0.1) is 5.10 Å². The minimum atomic E-state index is -0.841. The van der Waals surface area contributed by atoms with Crippen LogP contribution in [-0.4, -0.2) is 37.8 Å². The first-order chi connectivity index (χ1) is 11.4. The maximum absolute atomic E-state index is 12.2. The van der Waals surface area contributed by atoms with Crippen LogP contribution in [0.4, 0.5) is 0 Å². The first kappa shape index (κ1) is 16.7. The van der Waals surface area contributed by atoms with Crippen LogP contribution in [0, 0.1) is 12.8 Å². The summed E-state index contributed by atoms with van der Waals surface area (Å²) in [6.45, 7) is 1.69. The molecule has 1 aliphatic rings. The van der Waals surface area contributed by atoms with Crippen molar-refractivity contribution in [1.82, 2.24) is 20.1 Å². The topological polar surface area (TPSA) is 97.1 Å². The summed E-state index contributed by atoms with van der Waals surface area (Å²) in [6.07, 6.45) is 0.828. The first-order valence-electron chi connectivity index (χ1n) is 7.28. The van der Waals surface area contributed by atoms with Crippen LogP contribution in [0.3, 0.4) is 0 Å². The van der Waals surface area contributed by atoms with E-state index in [1.165, 1.54) is 4.68 Å². The number of carboxylic acids is 1. The second-order valence-electron chi connectivity index (χ2n) is 5.64. The molecule has 2 aromatic rings. The number of rotatable bonds is 4. The molecule has 0 spiro atoms. The summed E-state index contributed by atoms with van der Waals surface area (Å²) >= 11 is 12.3. The lowest BCUT2D eigenvalue weighted by atomic mass is 9.80. The van der Waals surface area contributed by atoms with Gasteiger partial charge in [0.25, 0.3) is 5.91 Å². The lowest BCUT2D eigenvalue weighted by Gasteiger charge is -2.32. The largest absolute Gasteiger partial charge is 0.481 e. The number of aliphatic carboxylic acids is 1. The van der Waals surface area contributed by atoms with Gasteiger partial charge in [-0.2, -0.15) is 0 Å². The zero-order valence-electron chi connectivity index (χ0n) is 12.7. The van der Waals surface area contributed by atoms with Gasteiger partial charge < -0.3 is 10.4 Å². The Hall–Kier alpha value is -2.12. The van der Waals surface area contributed by atoms with Crippen LogP contribution in [0.15, 0.2) is 18.2 Å². The molecule has 1 heterocycles. The molecule has 1 aromatic heterocycles. The van der Waals surface area contributed by atoms with E-state index in [0.717, 1.165) is 0 Å². The van der Waals surface area contributed by atoms with Crippen LogP contribution in [0.2, 0.25) is 10.0 Å². The van der Waals surface area contributed by atoms with E-state index in [2.05, 4.69) is 15.4 Å². The summed E-state index contributed by atoms with van der Waals surface area (Å²) in [5.41, 5.74) is 0.458. The van der Waals surface area contributed by atoms with Gasteiger partial charge in [-0.25, -0.2) is 9.67 Å². The normalized spacial score (nSPS) is 19.6. The second kappa shape index (κ2) is 6.41. The molecule has 1 saturated carbocycles. The molecule has 0 aliphatic heterocycles. The van der Waals surface area contributed by atoms with Crippen LogP contribution >= 0.6 is 23.2 Å². The molecule has 1 aromatic carbocycles. The monoisotopic (exact) mass is 368 g/mol. The van der Waals surface area contributed by atoms with Crippen molar-refractivity contribution in [2.45, 2.75) is 25.8 Å². The summed E-state index contributed by atoms with van der Waals surface area (Å²) in [6, 6.07) is 4.88. The van der Waals surface area contributed by atoms with E-state index < -0.39 is 17.8 Å². The Labute approximate surface area is 147 Å². The molecule has 0 saturated heterocycles. The molecule has 3 rings (SSSR count). The predicted octanol–water partition coefficient (Wildman–Crippen LogP) is 2.48. The Morgan fingerprint density at radius 2 is 1.92 bits per heavy atom. The van der Waals surface area contributed by atoms with E-state index in [1.54, 1.807) is 25.1 Å². The molecule has 24 heavy (non-hydrogen) atoms. The van der Waals surface area contributed by atoms with E-state index in [0.29, 0.717) is 34.4 Å². The number of carboxylic acid groups (broad SMARTS) is 1. The minimum Gasteiger partial charge on any atom is -0.481 e. The van der Waals surface area contributed by atoms with Crippen molar-refractivity contribution in [2.24, 2.45) is 5.92 Å². The molecular formula is C15H14Cl2N4O3. The molecule has 0 bridgehead atoms. The number of para-hydroxylation sites is 1. The Bertz CT molecular complexity index is 795. The SMILES string of the molecule is Cc1nc(C(=O)NC2CC(C(=O)O)C2)nn1-c1c(Cl)cccc1Cl.